The van der Waals surface area contributed by atoms with Crippen molar-refractivity contribution in [3.05, 3.63) is 34.9 Å². The van der Waals surface area contributed by atoms with Crippen molar-refractivity contribution in [1.29, 1.82) is 0 Å². The Kier molecular flexibility index (Phi) is 4.84. The van der Waals surface area contributed by atoms with Gasteiger partial charge in [0.05, 0.1) is 11.8 Å². The van der Waals surface area contributed by atoms with Gasteiger partial charge in [0.25, 0.3) is 5.91 Å². The Hall–Kier alpha value is -1.44. The molecule has 1 aliphatic heterocycles. The number of carbonyl (C=O) groups is 1. The Bertz CT molecular complexity index is 546. The molecule has 0 saturated carbocycles. The molecule has 1 amide bonds. The second-order valence-corrected chi connectivity index (χ2v) is 5.87. The van der Waals surface area contributed by atoms with Crippen molar-refractivity contribution >= 4 is 17.5 Å². The number of carbonyl (C=O) groups excluding carboxylic acids is 1. The van der Waals surface area contributed by atoms with Gasteiger partial charge in [0.2, 0.25) is 0 Å². The fraction of sp³-hybridized carbons (Fsp3) is 0.500. The second-order valence-electron chi connectivity index (χ2n) is 5.43. The van der Waals surface area contributed by atoms with E-state index in [4.69, 9.17) is 11.6 Å². The monoisotopic (exact) mass is 359 g/mol. The first-order valence-corrected chi connectivity index (χ1v) is 7.04. The predicted octanol–water partition coefficient (Wildman–Crippen LogP) is 4.54. The lowest BCUT2D eigenvalue weighted by atomic mass is 9.88. The first-order chi connectivity index (χ1) is 10.5. The third-order valence-corrected chi connectivity index (χ3v) is 4.01. The van der Waals surface area contributed by atoms with Crippen molar-refractivity contribution in [2.24, 2.45) is 11.8 Å². The van der Waals surface area contributed by atoms with Gasteiger partial charge in [-0.25, -0.2) is 0 Å². The van der Waals surface area contributed by atoms with Crippen molar-refractivity contribution in [3.63, 3.8) is 0 Å². The molecule has 0 N–H and O–H groups in total. The SMILES string of the molecule is O=C(c1ccc(Cl)cc1)N1C[C@H](C(F)(F)F)C[C@@H](C(F)(F)F)C1. The maximum absolute atomic E-state index is 12.9. The van der Waals surface area contributed by atoms with Crippen LogP contribution in [0, 0.1) is 11.8 Å². The molecule has 1 aliphatic rings. The van der Waals surface area contributed by atoms with E-state index in [2.05, 4.69) is 0 Å². The molecule has 23 heavy (non-hydrogen) atoms. The molecule has 1 saturated heterocycles. The van der Waals surface area contributed by atoms with E-state index >= 15 is 0 Å². The minimum Gasteiger partial charge on any atom is -0.337 e. The van der Waals surface area contributed by atoms with E-state index in [1.165, 1.54) is 24.3 Å². The zero-order chi connectivity index (χ0) is 17.4. The van der Waals surface area contributed by atoms with Crippen molar-refractivity contribution < 1.29 is 31.1 Å². The van der Waals surface area contributed by atoms with Gasteiger partial charge in [0.15, 0.2) is 0 Å². The van der Waals surface area contributed by atoms with Gasteiger partial charge in [0.1, 0.15) is 0 Å². The second kappa shape index (κ2) is 6.22. The van der Waals surface area contributed by atoms with Crippen LogP contribution in [-0.4, -0.2) is 36.2 Å². The molecule has 1 fully saturated rings. The van der Waals surface area contributed by atoms with E-state index in [-0.39, 0.29) is 5.56 Å². The Balaban J connectivity index is 2.25. The lowest BCUT2D eigenvalue weighted by Gasteiger charge is -2.39. The summed E-state index contributed by atoms with van der Waals surface area (Å²) in [6.07, 6.45) is -10.6. The van der Waals surface area contributed by atoms with Crippen LogP contribution >= 0.6 is 11.6 Å². The number of likely N-dealkylation sites (tertiary alicyclic amines) is 1. The molecule has 9 heteroatoms. The van der Waals surface area contributed by atoms with Gasteiger partial charge in [-0.15, -0.1) is 0 Å². The molecule has 1 aromatic carbocycles. The van der Waals surface area contributed by atoms with Gasteiger partial charge in [-0.2, -0.15) is 26.3 Å². The number of rotatable bonds is 1. The molecule has 0 radical (unpaired) electrons. The lowest BCUT2D eigenvalue weighted by molar-refractivity contribution is -0.226. The minimum absolute atomic E-state index is 0.00171. The summed E-state index contributed by atoms with van der Waals surface area (Å²) < 4.78 is 77.2. The summed E-state index contributed by atoms with van der Waals surface area (Å²) >= 11 is 5.65. The molecule has 0 aromatic heterocycles. The van der Waals surface area contributed by atoms with Gasteiger partial charge in [-0.1, -0.05) is 11.6 Å². The molecule has 1 heterocycles. The van der Waals surface area contributed by atoms with Crippen molar-refractivity contribution in [2.45, 2.75) is 18.8 Å². The smallest absolute Gasteiger partial charge is 0.337 e. The summed E-state index contributed by atoms with van der Waals surface area (Å²) in [5, 5.41) is 0.307. The normalized spacial score (nSPS) is 23.0. The lowest BCUT2D eigenvalue weighted by Crippen LogP contribution is -2.51. The van der Waals surface area contributed by atoms with E-state index < -0.39 is 49.6 Å². The van der Waals surface area contributed by atoms with Gasteiger partial charge >= 0.3 is 12.4 Å². The summed E-state index contributed by atoms with van der Waals surface area (Å²) in [4.78, 5) is 12.8. The van der Waals surface area contributed by atoms with Crippen LogP contribution in [-0.2, 0) is 0 Å². The average molecular weight is 360 g/mol. The number of halogens is 7. The van der Waals surface area contributed by atoms with Gasteiger partial charge < -0.3 is 4.90 Å². The number of hydrogen-bond donors (Lipinski definition) is 0. The number of benzene rings is 1. The maximum Gasteiger partial charge on any atom is 0.393 e. The molecule has 0 aliphatic carbocycles. The predicted molar refractivity (Wildman–Crippen MR) is 71.1 cm³/mol. The Morgan fingerprint density at radius 3 is 1.78 bits per heavy atom. The highest BCUT2D eigenvalue weighted by molar-refractivity contribution is 6.30. The van der Waals surface area contributed by atoms with Crippen molar-refractivity contribution in [2.75, 3.05) is 13.1 Å². The first kappa shape index (κ1) is 17.9. The fourth-order valence-electron chi connectivity index (χ4n) is 2.51. The van der Waals surface area contributed by atoms with Crippen LogP contribution in [0.2, 0.25) is 5.02 Å². The van der Waals surface area contributed by atoms with E-state index in [0.29, 0.717) is 9.92 Å². The Morgan fingerprint density at radius 2 is 1.39 bits per heavy atom. The third-order valence-electron chi connectivity index (χ3n) is 3.75. The van der Waals surface area contributed by atoms with Crippen molar-refractivity contribution in [3.8, 4) is 0 Å². The van der Waals surface area contributed by atoms with Crippen LogP contribution in [0.25, 0.3) is 0 Å². The summed E-state index contributed by atoms with van der Waals surface area (Å²) in [6.45, 7) is -1.56. The van der Waals surface area contributed by atoms with Gasteiger partial charge in [-0.05, 0) is 30.7 Å². The van der Waals surface area contributed by atoms with Crippen LogP contribution in [0.4, 0.5) is 26.3 Å². The molecule has 0 spiro atoms. The molecule has 2 rings (SSSR count). The summed E-state index contributed by atoms with van der Waals surface area (Å²) in [5.74, 6) is -5.26. The van der Waals surface area contributed by atoms with Crippen LogP contribution < -0.4 is 0 Å². The van der Waals surface area contributed by atoms with Crippen LogP contribution in [0.1, 0.15) is 16.8 Å². The molecular formula is C14H12ClF6NO. The topological polar surface area (TPSA) is 20.3 Å². The molecule has 0 bridgehead atoms. The molecule has 2 atom stereocenters. The maximum atomic E-state index is 12.9. The van der Waals surface area contributed by atoms with E-state index in [9.17, 15) is 31.1 Å². The highest BCUT2D eigenvalue weighted by Crippen LogP contribution is 2.41. The number of alkyl halides is 6. The standard InChI is InChI=1S/C14H12ClF6NO/c15-11-3-1-8(2-4-11)12(23)22-6-9(13(16,17)18)5-10(7-22)14(19,20)21/h1-4,9-10H,5-7H2/t9-,10-/m1/s1. The van der Waals surface area contributed by atoms with Crippen LogP contribution in [0.15, 0.2) is 24.3 Å². The largest absolute Gasteiger partial charge is 0.393 e. The van der Waals surface area contributed by atoms with E-state index in [1.807, 2.05) is 0 Å². The van der Waals surface area contributed by atoms with Gasteiger partial charge in [0, 0.05) is 23.7 Å². The number of hydrogen-bond acceptors (Lipinski definition) is 1. The molecule has 128 valence electrons. The first-order valence-electron chi connectivity index (χ1n) is 6.66. The summed E-state index contributed by atoms with van der Waals surface area (Å²) in [7, 11) is 0. The zero-order valence-electron chi connectivity index (χ0n) is 11.6. The quantitative estimate of drug-likeness (QED) is 0.674. The Labute approximate surface area is 133 Å². The summed E-state index contributed by atoms with van der Waals surface area (Å²) in [5.41, 5.74) is -0.00171. The Morgan fingerprint density at radius 1 is 0.957 bits per heavy atom. The molecule has 0 unspecified atom stereocenters. The average Bonchev–Trinajstić information content (AvgIpc) is 2.45. The fourth-order valence-corrected chi connectivity index (χ4v) is 2.64. The van der Waals surface area contributed by atoms with E-state index in [1.54, 1.807) is 0 Å². The number of piperidine rings is 1. The molecular weight excluding hydrogens is 348 g/mol. The highest BCUT2D eigenvalue weighted by atomic mass is 35.5. The van der Waals surface area contributed by atoms with Crippen LogP contribution in [0.5, 0.6) is 0 Å². The van der Waals surface area contributed by atoms with E-state index in [0.717, 1.165) is 0 Å². The molecule has 2 nitrogen and oxygen atoms in total. The minimum atomic E-state index is -4.79. The zero-order valence-corrected chi connectivity index (χ0v) is 12.3. The van der Waals surface area contributed by atoms with Crippen molar-refractivity contribution in [1.82, 2.24) is 4.90 Å². The molecule has 1 aromatic rings. The number of amides is 1. The van der Waals surface area contributed by atoms with Crippen LogP contribution in [0.3, 0.4) is 0 Å². The van der Waals surface area contributed by atoms with Gasteiger partial charge in [-0.3, -0.25) is 4.79 Å². The summed E-state index contributed by atoms with van der Waals surface area (Å²) in [6, 6.07) is 5.23. The third kappa shape index (κ3) is 4.31. The highest BCUT2D eigenvalue weighted by Gasteiger charge is 2.52. The number of nitrogens with zero attached hydrogens (tertiary/aromatic N) is 1.